The third kappa shape index (κ3) is 4.32. The van der Waals surface area contributed by atoms with Crippen LogP contribution in [0.4, 0.5) is 0 Å². The fourth-order valence-electron chi connectivity index (χ4n) is 2.85. The quantitative estimate of drug-likeness (QED) is 0.506. The van der Waals surface area contributed by atoms with Gasteiger partial charge in [-0.05, 0) is 55.6 Å². The standard InChI is InChI=1S/C20H19N3O3S/c1-13-10-16(12-21-22-19(24)11-18-4-3-9-27-18)14(2)23(13)17-7-5-15(6-8-17)20(25)26/h3-10,12H,11H2,1-2H3,(H,22,24)(H,25,26)/b21-12-. The molecule has 0 radical (unpaired) electrons. The maximum absolute atomic E-state index is 11.9. The molecular formula is C20H19N3O3S. The number of benzene rings is 1. The summed E-state index contributed by atoms with van der Waals surface area (Å²) >= 11 is 1.54. The topological polar surface area (TPSA) is 83.7 Å². The molecule has 0 fully saturated rings. The number of thiophene rings is 1. The van der Waals surface area contributed by atoms with Crippen LogP contribution in [0.25, 0.3) is 5.69 Å². The molecule has 0 aliphatic carbocycles. The van der Waals surface area contributed by atoms with E-state index in [1.165, 1.54) is 11.3 Å². The molecule has 138 valence electrons. The normalized spacial score (nSPS) is 11.0. The molecule has 0 atom stereocenters. The summed E-state index contributed by atoms with van der Waals surface area (Å²) in [6, 6.07) is 12.5. The lowest BCUT2D eigenvalue weighted by Crippen LogP contribution is -2.19. The fourth-order valence-corrected chi connectivity index (χ4v) is 3.56. The Morgan fingerprint density at radius 2 is 1.96 bits per heavy atom. The maximum Gasteiger partial charge on any atom is 0.335 e. The van der Waals surface area contributed by atoms with Gasteiger partial charge < -0.3 is 9.67 Å². The lowest BCUT2D eigenvalue weighted by Gasteiger charge is -2.09. The minimum absolute atomic E-state index is 0.160. The number of carbonyl (C=O) groups excluding carboxylic acids is 1. The van der Waals surface area contributed by atoms with Crippen LogP contribution in [-0.4, -0.2) is 27.8 Å². The molecule has 7 heteroatoms. The maximum atomic E-state index is 11.9. The number of amides is 1. The Morgan fingerprint density at radius 3 is 2.59 bits per heavy atom. The highest BCUT2D eigenvalue weighted by Crippen LogP contribution is 2.20. The van der Waals surface area contributed by atoms with Crippen LogP contribution in [0.15, 0.2) is 52.9 Å². The molecule has 6 nitrogen and oxygen atoms in total. The molecule has 0 spiro atoms. The van der Waals surface area contributed by atoms with Crippen molar-refractivity contribution in [1.82, 2.24) is 9.99 Å². The molecular weight excluding hydrogens is 362 g/mol. The smallest absolute Gasteiger partial charge is 0.335 e. The Kier molecular flexibility index (Phi) is 5.52. The molecule has 0 saturated carbocycles. The van der Waals surface area contributed by atoms with Gasteiger partial charge in [-0.2, -0.15) is 5.10 Å². The number of hydrazone groups is 1. The van der Waals surface area contributed by atoms with Gasteiger partial charge in [0.1, 0.15) is 0 Å². The average Bonchev–Trinajstić information content (AvgIpc) is 3.23. The van der Waals surface area contributed by atoms with E-state index in [0.717, 1.165) is 27.5 Å². The Hall–Kier alpha value is -3.19. The fraction of sp³-hybridized carbons (Fsp3) is 0.150. The van der Waals surface area contributed by atoms with E-state index in [0.29, 0.717) is 6.42 Å². The van der Waals surface area contributed by atoms with Crippen molar-refractivity contribution in [1.29, 1.82) is 0 Å². The molecule has 0 saturated heterocycles. The van der Waals surface area contributed by atoms with Gasteiger partial charge in [-0.15, -0.1) is 11.3 Å². The summed E-state index contributed by atoms with van der Waals surface area (Å²) in [5.74, 6) is -1.11. The molecule has 0 bridgehead atoms. The Bertz CT molecular complexity index is 986. The first-order valence-electron chi connectivity index (χ1n) is 8.32. The number of aromatic carboxylic acids is 1. The number of rotatable bonds is 6. The third-order valence-corrected chi connectivity index (χ3v) is 5.03. The second-order valence-corrected chi connectivity index (χ2v) is 7.10. The number of hydrogen-bond acceptors (Lipinski definition) is 4. The van der Waals surface area contributed by atoms with Gasteiger partial charge in [0.05, 0.1) is 18.2 Å². The van der Waals surface area contributed by atoms with Crippen LogP contribution in [0.1, 0.15) is 32.2 Å². The molecule has 3 aromatic rings. The van der Waals surface area contributed by atoms with Crippen molar-refractivity contribution in [3.8, 4) is 5.69 Å². The van der Waals surface area contributed by atoms with Crippen molar-refractivity contribution in [2.24, 2.45) is 5.10 Å². The van der Waals surface area contributed by atoms with Gasteiger partial charge >= 0.3 is 5.97 Å². The largest absolute Gasteiger partial charge is 0.478 e. The first-order valence-corrected chi connectivity index (χ1v) is 9.20. The number of nitrogens with one attached hydrogen (secondary N) is 1. The SMILES string of the molecule is Cc1cc(/C=N\NC(=O)Cc2cccs2)c(C)n1-c1ccc(C(=O)O)cc1. The van der Waals surface area contributed by atoms with Crippen LogP contribution in [-0.2, 0) is 11.2 Å². The predicted octanol–water partition coefficient (Wildman–Crippen LogP) is 3.55. The molecule has 3 rings (SSSR count). The number of nitrogens with zero attached hydrogens (tertiary/aromatic N) is 2. The van der Waals surface area contributed by atoms with Crippen molar-refractivity contribution in [2.45, 2.75) is 20.3 Å². The van der Waals surface area contributed by atoms with Gasteiger partial charge in [-0.3, -0.25) is 4.79 Å². The van der Waals surface area contributed by atoms with Gasteiger partial charge in [-0.25, -0.2) is 10.2 Å². The van der Waals surface area contributed by atoms with Crippen molar-refractivity contribution < 1.29 is 14.7 Å². The molecule has 2 N–H and O–H groups in total. The molecule has 27 heavy (non-hydrogen) atoms. The minimum atomic E-state index is -0.950. The van der Waals surface area contributed by atoms with E-state index in [9.17, 15) is 9.59 Å². The van der Waals surface area contributed by atoms with Gasteiger partial charge in [-0.1, -0.05) is 6.07 Å². The van der Waals surface area contributed by atoms with Crippen LogP contribution in [0.5, 0.6) is 0 Å². The van der Waals surface area contributed by atoms with Crippen LogP contribution in [0, 0.1) is 13.8 Å². The zero-order valence-electron chi connectivity index (χ0n) is 15.0. The Labute approximate surface area is 160 Å². The highest BCUT2D eigenvalue weighted by Gasteiger charge is 2.11. The van der Waals surface area contributed by atoms with Gasteiger partial charge in [0, 0.05) is 27.5 Å². The van der Waals surface area contributed by atoms with Crippen LogP contribution in [0.2, 0.25) is 0 Å². The second-order valence-electron chi connectivity index (χ2n) is 6.06. The summed E-state index contributed by atoms with van der Waals surface area (Å²) in [7, 11) is 0. The number of carbonyl (C=O) groups is 2. The lowest BCUT2D eigenvalue weighted by molar-refractivity contribution is -0.120. The van der Waals surface area contributed by atoms with E-state index in [2.05, 4.69) is 10.5 Å². The van der Waals surface area contributed by atoms with E-state index in [4.69, 9.17) is 5.11 Å². The van der Waals surface area contributed by atoms with E-state index in [1.807, 2.05) is 42.0 Å². The monoisotopic (exact) mass is 381 g/mol. The zero-order valence-corrected chi connectivity index (χ0v) is 15.8. The third-order valence-electron chi connectivity index (χ3n) is 4.15. The number of carboxylic acid groups (broad SMARTS) is 1. The van der Waals surface area contributed by atoms with E-state index >= 15 is 0 Å². The summed E-state index contributed by atoms with van der Waals surface area (Å²) in [6.45, 7) is 3.91. The number of aromatic nitrogens is 1. The molecule has 0 unspecified atom stereocenters. The van der Waals surface area contributed by atoms with E-state index in [-0.39, 0.29) is 11.5 Å². The number of hydrogen-bond donors (Lipinski definition) is 2. The van der Waals surface area contributed by atoms with Crippen LogP contribution < -0.4 is 5.43 Å². The summed E-state index contributed by atoms with van der Waals surface area (Å²) in [4.78, 5) is 23.9. The Balaban J connectivity index is 1.73. The highest BCUT2D eigenvalue weighted by molar-refractivity contribution is 7.10. The van der Waals surface area contributed by atoms with Gasteiger partial charge in [0.15, 0.2) is 0 Å². The Morgan fingerprint density at radius 1 is 1.22 bits per heavy atom. The molecule has 2 aromatic heterocycles. The van der Waals surface area contributed by atoms with Crippen LogP contribution >= 0.6 is 11.3 Å². The van der Waals surface area contributed by atoms with Gasteiger partial charge in [0.2, 0.25) is 5.91 Å². The minimum Gasteiger partial charge on any atom is -0.478 e. The average molecular weight is 381 g/mol. The predicted molar refractivity (Wildman–Crippen MR) is 106 cm³/mol. The van der Waals surface area contributed by atoms with E-state index < -0.39 is 5.97 Å². The van der Waals surface area contributed by atoms with Crippen molar-refractivity contribution >= 4 is 29.4 Å². The van der Waals surface area contributed by atoms with Crippen molar-refractivity contribution in [3.63, 3.8) is 0 Å². The summed E-state index contributed by atoms with van der Waals surface area (Å²) in [5.41, 5.74) is 6.49. The molecule has 1 aromatic carbocycles. The van der Waals surface area contributed by atoms with Gasteiger partial charge in [0.25, 0.3) is 0 Å². The molecule has 2 heterocycles. The van der Waals surface area contributed by atoms with Crippen molar-refractivity contribution in [3.05, 3.63) is 75.2 Å². The number of carboxylic acids is 1. The summed E-state index contributed by atoms with van der Waals surface area (Å²) in [5, 5.41) is 15.0. The van der Waals surface area contributed by atoms with Crippen molar-refractivity contribution in [2.75, 3.05) is 0 Å². The van der Waals surface area contributed by atoms with Crippen LogP contribution in [0.3, 0.4) is 0 Å². The zero-order chi connectivity index (χ0) is 19.4. The second kappa shape index (κ2) is 8.01. The van der Waals surface area contributed by atoms with E-state index in [1.54, 1.807) is 30.5 Å². The number of aryl methyl sites for hydroxylation is 1. The first-order chi connectivity index (χ1) is 13.0. The first kappa shape index (κ1) is 18.6. The summed E-state index contributed by atoms with van der Waals surface area (Å²) < 4.78 is 2.01. The molecule has 1 amide bonds. The lowest BCUT2D eigenvalue weighted by atomic mass is 10.2. The summed E-state index contributed by atoms with van der Waals surface area (Å²) in [6.07, 6.45) is 1.93. The molecule has 0 aliphatic heterocycles. The highest BCUT2D eigenvalue weighted by atomic mass is 32.1. The molecule has 0 aliphatic rings.